The highest BCUT2D eigenvalue weighted by Crippen LogP contribution is 2.24. The third-order valence-corrected chi connectivity index (χ3v) is 4.57. The second-order valence-corrected chi connectivity index (χ2v) is 6.50. The second kappa shape index (κ2) is 7.75. The first-order valence-corrected chi connectivity index (χ1v) is 8.51. The maximum Gasteiger partial charge on any atom is 0.282 e. The molecule has 0 atom stereocenters. The van der Waals surface area contributed by atoms with E-state index < -0.39 is 10.8 Å². The van der Waals surface area contributed by atoms with Crippen molar-refractivity contribution in [3.05, 3.63) is 80.8 Å². The van der Waals surface area contributed by atoms with Gasteiger partial charge >= 0.3 is 0 Å². The second-order valence-electron chi connectivity index (χ2n) is 5.38. The van der Waals surface area contributed by atoms with E-state index in [1.807, 2.05) is 24.3 Å². The van der Waals surface area contributed by atoms with Crippen LogP contribution in [0.2, 0.25) is 0 Å². The zero-order valence-corrected chi connectivity index (χ0v) is 14.7. The molecule has 3 aromatic rings. The number of anilines is 1. The molecule has 8 heteroatoms. The van der Waals surface area contributed by atoms with E-state index in [-0.39, 0.29) is 11.3 Å². The Morgan fingerprint density at radius 2 is 1.96 bits per heavy atom. The summed E-state index contributed by atoms with van der Waals surface area (Å²) in [5.41, 5.74) is 0.857. The quantitative estimate of drug-likeness (QED) is 0.525. The molecule has 0 radical (unpaired) electrons. The van der Waals surface area contributed by atoms with Crippen LogP contribution in [0.15, 0.2) is 54.7 Å². The number of benzene rings is 2. The monoisotopic (exact) mass is 369 g/mol. The van der Waals surface area contributed by atoms with Gasteiger partial charge in [0.15, 0.2) is 5.13 Å². The third kappa shape index (κ3) is 4.04. The first-order chi connectivity index (χ1) is 12.6. The Labute approximate surface area is 153 Å². The van der Waals surface area contributed by atoms with Gasteiger partial charge in [0.1, 0.15) is 11.3 Å². The van der Waals surface area contributed by atoms with Crippen LogP contribution in [-0.4, -0.2) is 22.9 Å². The van der Waals surface area contributed by atoms with Crippen molar-refractivity contribution in [1.29, 1.82) is 0 Å². The number of nitro benzene ring substituents is 1. The lowest BCUT2D eigenvalue weighted by Gasteiger charge is -2.03. The van der Waals surface area contributed by atoms with E-state index in [9.17, 15) is 14.9 Å². The minimum atomic E-state index is -0.578. The number of para-hydroxylation sites is 1. The first kappa shape index (κ1) is 17.6. The van der Waals surface area contributed by atoms with Crippen LogP contribution in [-0.2, 0) is 6.42 Å². The molecule has 1 aromatic heterocycles. The molecular formula is C18H15N3O4S. The van der Waals surface area contributed by atoms with Crippen molar-refractivity contribution in [3.8, 4) is 5.75 Å². The summed E-state index contributed by atoms with van der Waals surface area (Å²) in [6, 6.07) is 13.5. The number of carbonyl (C=O) groups is 1. The van der Waals surface area contributed by atoms with Crippen LogP contribution in [0.4, 0.5) is 10.8 Å². The molecule has 0 saturated heterocycles. The number of thiazole rings is 1. The van der Waals surface area contributed by atoms with Crippen molar-refractivity contribution in [1.82, 2.24) is 4.98 Å². The molecule has 1 amide bonds. The largest absolute Gasteiger partial charge is 0.497 e. The number of amides is 1. The van der Waals surface area contributed by atoms with E-state index in [2.05, 4.69) is 10.3 Å². The van der Waals surface area contributed by atoms with Gasteiger partial charge in [0, 0.05) is 23.6 Å². The smallest absolute Gasteiger partial charge is 0.282 e. The summed E-state index contributed by atoms with van der Waals surface area (Å²) in [6.07, 6.45) is 2.35. The summed E-state index contributed by atoms with van der Waals surface area (Å²) in [6.45, 7) is 0. The van der Waals surface area contributed by atoms with Crippen molar-refractivity contribution in [2.24, 2.45) is 0 Å². The van der Waals surface area contributed by atoms with E-state index in [0.717, 1.165) is 16.2 Å². The molecule has 0 aliphatic carbocycles. The van der Waals surface area contributed by atoms with Gasteiger partial charge in [-0.3, -0.25) is 20.2 Å². The van der Waals surface area contributed by atoms with E-state index in [0.29, 0.717) is 11.6 Å². The lowest BCUT2D eigenvalue weighted by Crippen LogP contribution is -2.13. The number of nitrogens with zero attached hydrogens (tertiary/aromatic N) is 2. The Balaban J connectivity index is 1.70. The van der Waals surface area contributed by atoms with Crippen LogP contribution >= 0.6 is 11.3 Å². The summed E-state index contributed by atoms with van der Waals surface area (Å²) in [4.78, 5) is 27.9. The molecule has 0 fully saturated rings. The highest BCUT2D eigenvalue weighted by atomic mass is 32.1. The Morgan fingerprint density at radius 1 is 1.23 bits per heavy atom. The molecular weight excluding hydrogens is 354 g/mol. The lowest BCUT2D eigenvalue weighted by atomic mass is 10.1. The minimum Gasteiger partial charge on any atom is -0.497 e. The Bertz CT molecular complexity index is 938. The number of rotatable bonds is 6. The summed E-state index contributed by atoms with van der Waals surface area (Å²) in [5.74, 6) is 0.234. The fraction of sp³-hybridized carbons (Fsp3) is 0.111. The fourth-order valence-corrected chi connectivity index (χ4v) is 3.22. The average molecular weight is 369 g/mol. The Hall–Kier alpha value is -3.26. The van der Waals surface area contributed by atoms with Crippen molar-refractivity contribution >= 4 is 28.1 Å². The molecule has 7 nitrogen and oxygen atoms in total. The molecule has 0 aliphatic heterocycles. The normalized spacial score (nSPS) is 10.3. The third-order valence-electron chi connectivity index (χ3n) is 3.66. The van der Waals surface area contributed by atoms with E-state index in [4.69, 9.17) is 4.74 Å². The van der Waals surface area contributed by atoms with Gasteiger partial charge in [-0.2, -0.15) is 0 Å². The summed E-state index contributed by atoms with van der Waals surface area (Å²) in [5, 5.41) is 14.1. The average Bonchev–Trinajstić information content (AvgIpc) is 3.09. The van der Waals surface area contributed by atoms with Gasteiger partial charge in [0.05, 0.1) is 12.0 Å². The zero-order valence-electron chi connectivity index (χ0n) is 13.8. The van der Waals surface area contributed by atoms with Crippen molar-refractivity contribution < 1.29 is 14.5 Å². The number of nitro groups is 1. The molecule has 0 aliphatic rings. The summed E-state index contributed by atoms with van der Waals surface area (Å²) < 4.78 is 5.13. The molecule has 0 bridgehead atoms. The molecule has 1 heterocycles. The van der Waals surface area contributed by atoms with Gasteiger partial charge in [0.2, 0.25) is 0 Å². The van der Waals surface area contributed by atoms with Crippen molar-refractivity contribution in [2.75, 3.05) is 12.4 Å². The highest BCUT2D eigenvalue weighted by Gasteiger charge is 2.20. The number of carbonyl (C=O) groups excluding carboxylic acids is 1. The molecule has 0 saturated carbocycles. The van der Waals surface area contributed by atoms with E-state index in [1.54, 1.807) is 19.4 Å². The Kier molecular flexibility index (Phi) is 5.23. The first-order valence-electron chi connectivity index (χ1n) is 7.69. The number of methoxy groups -OCH3 is 1. The minimum absolute atomic E-state index is 0.00408. The highest BCUT2D eigenvalue weighted by molar-refractivity contribution is 7.15. The molecule has 132 valence electrons. The standard InChI is InChI=1S/C18H15N3O4S/c1-25-13-8-6-12(7-9-13)10-14-11-19-18(26-14)20-17(22)15-4-2-3-5-16(15)21(23)24/h2-9,11H,10H2,1H3,(H,19,20,22). The molecule has 3 rings (SSSR count). The van der Waals surface area contributed by atoms with Crippen LogP contribution in [0.1, 0.15) is 20.8 Å². The predicted octanol–water partition coefficient (Wildman–Crippen LogP) is 3.90. The maximum absolute atomic E-state index is 12.3. The number of aromatic nitrogens is 1. The maximum atomic E-state index is 12.3. The number of ether oxygens (including phenoxy) is 1. The molecule has 2 aromatic carbocycles. The summed E-state index contributed by atoms with van der Waals surface area (Å²) in [7, 11) is 1.62. The van der Waals surface area contributed by atoms with Crippen LogP contribution in [0.3, 0.4) is 0 Å². The zero-order chi connectivity index (χ0) is 18.5. The number of nitrogens with one attached hydrogen (secondary N) is 1. The summed E-state index contributed by atoms with van der Waals surface area (Å²) >= 11 is 1.33. The molecule has 1 N–H and O–H groups in total. The lowest BCUT2D eigenvalue weighted by molar-refractivity contribution is -0.385. The van der Waals surface area contributed by atoms with Crippen LogP contribution in [0, 0.1) is 10.1 Å². The fourth-order valence-electron chi connectivity index (χ4n) is 2.38. The topological polar surface area (TPSA) is 94.4 Å². The number of hydrogen-bond acceptors (Lipinski definition) is 6. The van der Waals surface area contributed by atoms with Gasteiger partial charge in [-0.1, -0.05) is 24.3 Å². The molecule has 0 unspecified atom stereocenters. The van der Waals surface area contributed by atoms with Gasteiger partial charge in [-0.05, 0) is 23.8 Å². The van der Waals surface area contributed by atoms with Gasteiger partial charge in [-0.25, -0.2) is 4.98 Å². The van der Waals surface area contributed by atoms with Crippen LogP contribution in [0.25, 0.3) is 0 Å². The van der Waals surface area contributed by atoms with Crippen molar-refractivity contribution in [2.45, 2.75) is 6.42 Å². The molecule has 0 spiro atoms. The van der Waals surface area contributed by atoms with Crippen LogP contribution in [0.5, 0.6) is 5.75 Å². The van der Waals surface area contributed by atoms with E-state index >= 15 is 0 Å². The van der Waals surface area contributed by atoms with Gasteiger partial charge in [-0.15, -0.1) is 11.3 Å². The van der Waals surface area contributed by atoms with Crippen molar-refractivity contribution in [3.63, 3.8) is 0 Å². The van der Waals surface area contributed by atoms with E-state index in [1.165, 1.54) is 29.5 Å². The Morgan fingerprint density at radius 3 is 2.65 bits per heavy atom. The SMILES string of the molecule is COc1ccc(Cc2cnc(NC(=O)c3ccccc3[N+](=O)[O-])s2)cc1. The molecule has 26 heavy (non-hydrogen) atoms. The van der Waals surface area contributed by atoms with Gasteiger partial charge in [0.25, 0.3) is 11.6 Å². The van der Waals surface area contributed by atoms with Gasteiger partial charge < -0.3 is 4.74 Å². The van der Waals surface area contributed by atoms with Crippen LogP contribution < -0.4 is 10.1 Å². The predicted molar refractivity (Wildman–Crippen MR) is 99.0 cm³/mol. The number of hydrogen-bond donors (Lipinski definition) is 1.